The number of aromatic nitrogens is 1. The summed E-state index contributed by atoms with van der Waals surface area (Å²) in [5.74, 6) is 0. The topological polar surface area (TPSA) is 42.1 Å². The zero-order valence-electron chi connectivity index (χ0n) is 7.95. The second-order valence-electron chi connectivity index (χ2n) is 3.58. The van der Waals surface area contributed by atoms with Crippen molar-refractivity contribution in [2.75, 3.05) is 23.7 Å². The summed E-state index contributed by atoms with van der Waals surface area (Å²) in [4.78, 5) is 6.50. The molecule has 2 heterocycles. The molecule has 2 rings (SSSR count). The van der Waals surface area contributed by atoms with Crippen LogP contribution in [0.2, 0.25) is 0 Å². The molecule has 13 heavy (non-hydrogen) atoms. The first-order chi connectivity index (χ1) is 6.27. The van der Waals surface area contributed by atoms with Gasteiger partial charge >= 0.3 is 0 Å². The molecule has 0 unspecified atom stereocenters. The molecule has 0 radical (unpaired) electrons. The van der Waals surface area contributed by atoms with Crippen LogP contribution in [0.4, 0.5) is 11.4 Å². The Bertz CT molecular complexity index is 303. The maximum Gasteiger partial charge on any atom is 0.0738 e. The standard InChI is InChI=1S/C10H15N3/c1-8-6-10(9(11)7-12-8)13-4-2-3-5-13/h6-7H,2-5,11H2,1H3. The van der Waals surface area contributed by atoms with Gasteiger partial charge in [0, 0.05) is 18.8 Å². The summed E-state index contributed by atoms with van der Waals surface area (Å²) in [6.07, 6.45) is 4.31. The third-order valence-electron chi connectivity index (χ3n) is 2.50. The monoisotopic (exact) mass is 177 g/mol. The first-order valence-electron chi connectivity index (χ1n) is 4.74. The Labute approximate surface area is 78.6 Å². The number of hydrogen-bond donors (Lipinski definition) is 1. The molecule has 3 nitrogen and oxygen atoms in total. The van der Waals surface area contributed by atoms with E-state index in [1.54, 1.807) is 6.20 Å². The minimum absolute atomic E-state index is 0.799. The van der Waals surface area contributed by atoms with Crippen molar-refractivity contribution >= 4 is 11.4 Å². The molecule has 1 aromatic heterocycles. The predicted octanol–water partition coefficient (Wildman–Crippen LogP) is 1.57. The van der Waals surface area contributed by atoms with Gasteiger partial charge in [-0.1, -0.05) is 0 Å². The Morgan fingerprint density at radius 2 is 2.08 bits per heavy atom. The van der Waals surface area contributed by atoms with Crippen LogP contribution < -0.4 is 10.6 Å². The zero-order valence-corrected chi connectivity index (χ0v) is 7.95. The maximum absolute atomic E-state index is 5.87. The van der Waals surface area contributed by atoms with Gasteiger partial charge in [-0.05, 0) is 25.8 Å². The van der Waals surface area contributed by atoms with Crippen LogP contribution in [0.1, 0.15) is 18.5 Å². The lowest BCUT2D eigenvalue weighted by atomic mass is 10.3. The van der Waals surface area contributed by atoms with Crippen molar-refractivity contribution in [3.8, 4) is 0 Å². The van der Waals surface area contributed by atoms with E-state index in [0.29, 0.717) is 0 Å². The SMILES string of the molecule is Cc1cc(N2CCCC2)c(N)cn1. The smallest absolute Gasteiger partial charge is 0.0738 e. The van der Waals surface area contributed by atoms with Gasteiger partial charge in [0.15, 0.2) is 0 Å². The lowest BCUT2D eigenvalue weighted by Crippen LogP contribution is -2.19. The molecule has 0 aliphatic carbocycles. The Morgan fingerprint density at radius 1 is 1.38 bits per heavy atom. The maximum atomic E-state index is 5.87. The molecule has 0 bridgehead atoms. The summed E-state index contributed by atoms with van der Waals surface area (Å²) < 4.78 is 0. The third-order valence-corrected chi connectivity index (χ3v) is 2.50. The molecule has 1 aromatic rings. The van der Waals surface area contributed by atoms with Crippen LogP contribution in [-0.2, 0) is 0 Å². The molecule has 0 saturated carbocycles. The molecule has 0 atom stereocenters. The number of anilines is 2. The summed E-state index contributed by atoms with van der Waals surface area (Å²) in [5, 5.41) is 0. The highest BCUT2D eigenvalue weighted by Gasteiger charge is 2.14. The van der Waals surface area contributed by atoms with Crippen molar-refractivity contribution in [1.82, 2.24) is 4.98 Å². The predicted molar refractivity (Wildman–Crippen MR) is 54.8 cm³/mol. The van der Waals surface area contributed by atoms with E-state index in [4.69, 9.17) is 5.73 Å². The molecule has 0 aromatic carbocycles. The molecule has 1 fully saturated rings. The number of nitrogens with zero attached hydrogens (tertiary/aromatic N) is 2. The van der Waals surface area contributed by atoms with Crippen LogP contribution >= 0.6 is 0 Å². The van der Waals surface area contributed by atoms with Crippen LogP contribution in [-0.4, -0.2) is 18.1 Å². The highest BCUT2D eigenvalue weighted by atomic mass is 15.2. The Hall–Kier alpha value is -1.25. The minimum atomic E-state index is 0.799. The number of hydrogen-bond acceptors (Lipinski definition) is 3. The normalized spacial score (nSPS) is 16.5. The fourth-order valence-corrected chi connectivity index (χ4v) is 1.79. The summed E-state index contributed by atoms with van der Waals surface area (Å²) >= 11 is 0. The average Bonchev–Trinajstić information content (AvgIpc) is 2.61. The van der Waals surface area contributed by atoms with Crippen LogP contribution in [0, 0.1) is 6.92 Å². The van der Waals surface area contributed by atoms with E-state index in [1.165, 1.54) is 12.8 Å². The molecule has 0 amide bonds. The number of aryl methyl sites for hydroxylation is 1. The number of nitrogens with two attached hydrogens (primary N) is 1. The van der Waals surface area contributed by atoms with Crippen molar-refractivity contribution in [2.24, 2.45) is 0 Å². The van der Waals surface area contributed by atoms with Gasteiger partial charge in [0.05, 0.1) is 17.6 Å². The van der Waals surface area contributed by atoms with Crippen LogP contribution in [0.3, 0.4) is 0 Å². The Morgan fingerprint density at radius 3 is 2.77 bits per heavy atom. The van der Waals surface area contributed by atoms with Crippen molar-refractivity contribution in [1.29, 1.82) is 0 Å². The van der Waals surface area contributed by atoms with Crippen molar-refractivity contribution in [2.45, 2.75) is 19.8 Å². The third kappa shape index (κ3) is 1.59. The molecule has 1 saturated heterocycles. The summed E-state index contributed by atoms with van der Waals surface area (Å²) in [5.41, 5.74) is 8.86. The number of pyridine rings is 1. The molecular formula is C10H15N3. The van der Waals surface area contributed by atoms with Gasteiger partial charge in [-0.25, -0.2) is 0 Å². The van der Waals surface area contributed by atoms with Gasteiger partial charge < -0.3 is 10.6 Å². The van der Waals surface area contributed by atoms with Crippen LogP contribution in [0.15, 0.2) is 12.3 Å². The Kier molecular flexibility index (Phi) is 2.08. The summed E-state index contributed by atoms with van der Waals surface area (Å²) in [7, 11) is 0. The molecule has 1 aliphatic heterocycles. The van der Waals surface area contributed by atoms with Gasteiger partial charge in [0.1, 0.15) is 0 Å². The fraction of sp³-hybridized carbons (Fsp3) is 0.500. The average molecular weight is 177 g/mol. The number of nitrogen functional groups attached to an aromatic ring is 1. The first-order valence-corrected chi connectivity index (χ1v) is 4.74. The van der Waals surface area contributed by atoms with Crippen molar-refractivity contribution in [3.63, 3.8) is 0 Å². The molecule has 0 spiro atoms. The molecule has 3 heteroatoms. The molecule has 1 aliphatic rings. The summed E-state index contributed by atoms with van der Waals surface area (Å²) in [6, 6.07) is 2.07. The largest absolute Gasteiger partial charge is 0.396 e. The minimum Gasteiger partial charge on any atom is -0.396 e. The van der Waals surface area contributed by atoms with Crippen LogP contribution in [0.5, 0.6) is 0 Å². The van der Waals surface area contributed by atoms with Gasteiger partial charge in [-0.15, -0.1) is 0 Å². The Balaban J connectivity index is 2.32. The molecule has 2 N–H and O–H groups in total. The first kappa shape index (κ1) is 8.35. The zero-order chi connectivity index (χ0) is 9.26. The molecule has 70 valence electrons. The highest BCUT2D eigenvalue weighted by molar-refractivity contribution is 5.67. The van der Waals surface area contributed by atoms with Gasteiger partial charge in [-0.2, -0.15) is 0 Å². The lowest BCUT2D eigenvalue weighted by molar-refractivity contribution is 0.949. The van der Waals surface area contributed by atoms with Crippen LogP contribution in [0.25, 0.3) is 0 Å². The second-order valence-corrected chi connectivity index (χ2v) is 3.58. The van der Waals surface area contributed by atoms with Crippen molar-refractivity contribution < 1.29 is 0 Å². The van der Waals surface area contributed by atoms with E-state index in [9.17, 15) is 0 Å². The summed E-state index contributed by atoms with van der Waals surface area (Å²) in [6.45, 7) is 4.26. The fourth-order valence-electron chi connectivity index (χ4n) is 1.79. The lowest BCUT2D eigenvalue weighted by Gasteiger charge is -2.19. The van der Waals surface area contributed by atoms with E-state index >= 15 is 0 Å². The van der Waals surface area contributed by atoms with Gasteiger partial charge in [0.25, 0.3) is 0 Å². The van der Waals surface area contributed by atoms with E-state index in [0.717, 1.165) is 30.2 Å². The quantitative estimate of drug-likeness (QED) is 0.708. The molecular weight excluding hydrogens is 162 g/mol. The van der Waals surface area contributed by atoms with E-state index in [-0.39, 0.29) is 0 Å². The highest BCUT2D eigenvalue weighted by Crippen LogP contribution is 2.26. The van der Waals surface area contributed by atoms with E-state index in [2.05, 4.69) is 16.0 Å². The van der Waals surface area contributed by atoms with Gasteiger partial charge in [-0.3, -0.25) is 4.98 Å². The van der Waals surface area contributed by atoms with Crippen molar-refractivity contribution in [3.05, 3.63) is 18.0 Å². The number of rotatable bonds is 1. The van der Waals surface area contributed by atoms with Gasteiger partial charge in [0.2, 0.25) is 0 Å². The van der Waals surface area contributed by atoms with E-state index < -0.39 is 0 Å². The second kappa shape index (κ2) is 3.24. The van der Waals surface area contributed by atoms with E-state index in [1.807, 2.05) is 6.92 Å².